The molecule has 1 aromatic carbocycles. The summed E-state index contributed by atoms with van der Waals surface area (Å²) in [5.74, 6) is -0.161. The van der Waals surface area contributed by atoms with E-state index < -0.39 is 0 Å². The average Bonchev–Trinajstić information content (AvgIpc) is 2.98. The SMILES string of the molecule is CC(C)OCCCNCc1ccc(F)c(-c2cccs2)c1. The van der Waals surface area contributed by atoms with Gasteiger partial charge in [-0.2, -0.15) is 0 Å². The van der Waals surface area contributed by atoms with Gasteiger partial charge >= 0.3 is 0 Å². The number of halogens is 1. The molecule has 1 heterocycles. The van der Waals surface area contributed by atoms with Gasteiger partial charge in [0.15, 0.2) is 0 Å². The van der Waals surface area contributed by atoms with Gasteiger partial charge in [-0.05, 0) is 56.0 Å². The Balaban J connectivity index is 1.83. The molecule has 0 aliphatic rings. The van der Waals surface area contributed by atoms with E-state index in [4.69, 9.17) is 4.74 Å². The molecule has 0 saturated heterocycles. The van der Waals surface area contributed by atoms with Crippen LogP contribution in [0, 0.1) is 5.82 Å². The number of rotatable bonds is 8. The minimum Gasteiger partial charge on any atom is -0.379 e. The second-order valence-electron chi connectivity index (χ2n) is 5.24. The lowest BCUT2D eigenvalue weighted by molar-refractivity contribution is 0.0770. The van der Waals surface area contributed by atoms with Crippen molar-refractivity contribution in [1.82, 2.24) is 5.32 Å². The standard InChI is InChI=1S/C17H22FNOS/c1-13(2)20-9-4-8-19-12-14-6-7-16(18)15(11-14)17-5-3-10-21-17/h3,5-7,10-11,13,19H,4,8-9,12H2,1-2H3. The fraction of sp³-hybridized carbons (Fsp3) is 0.412. The van der Waals surface area contributed by atoms with Gasteiger partial charge in [-0.25, -0.2) is 4.39 Å². The molecule has 0 unspecified atom stereocenters. The largest absolute Gasteiger partial charge is 0.379 e. The fourth-order valence-electron chi connectivity index (χ4n) is 2.05. The maximum absolute atomic E-state index is 13.9. The van der Waals surface area contributed by atoms with E-state index in [9.17, 15) is 4.39 Å². The highest BCUT2D eigenvalue weighted by Gasteiger charge is 2.07. The Morgan fingerprint density at radius 1 is 1.29 bits per heavy atom. The van der Waals surface area contributed by atoms with Gasteiger partial charge in [-0.1, -0.05) is 12.1 Å². The van der Waals surface area contributed by atoms with Crippen molar-refractivity contribution in [3.8, 4) is 10.4 Å². The van der Waals surface area contributed by atoms with Crippen LogP contribution in [0.2, 0.25) is 0 Å². The molecule has 4 heteroatoms. The number of ether oxygens (including phenoxy) is 1. The zero-order valence-electron chi connectivity index (χ0n) is 12.6. The van der Waals surface area contributed by atoms with E-state index >= 15 is 0 Å². The summed E-state index contributed by atoms with van der Waals surface area (Å²) in [5, 5.41) is 5.34. The second kappa shape index (κ2) is 8.27. The summed E-state index contributed by atoms with van der Waals surface area (Å²) in [6.07, 6.45) is 1.27. The van der Waals surface area contributed by atoms with Gasteiger partial charge in [0, 0.05) is 23.6 Å². The van der Waals surface area contributed by atoms with Crippen molar-refractivity contribution in [2.75, 3.05) is 13.2 Å². The lowest BCUT2D eigenvalue weighted by Crippen LogP contribution is -2.17. The van der Waals surface area contributed by atoms with Gasteiger partial charge in [0.1, 0.15) is 5.82 Å². The van der Waals surface area contributed by atoms with E-state index in [0.29, 0.717) is 5.56 Å². The smallest absolute Gasteiger partial charge is 0.131 e. The van der Waals surface area contributed by atoms with E-state index in [2.05, 4.69) is 5.32 Å². The zero-order chi connectivity index (χ0) is 15.1. The Morgan fingerprint density at radius 3 is 2.86 bits per heavy atom. The molecule has 0 saturated carbocycles. The first-order valence-corrected chi connectivity index (χ1v) is 8.19. The summed E-state index contributed by atoms with van der Waals surface area (Å²) in [7, 11) is 0. The number of thiophene rings is 1. The molecule has 1 N–H and O–H groups in total. The van der Waals surface area contributed by atoms with Gasteiger partial charge < -0.3 is 10.1 Å². The van der Waals surface area contributed by atoms with Gasteiger partial charge in [0.25, 0.3) is 0 Å². The first kappa shape index (κ1) is 16.1. The highest BCUT2D eigenvalue weighted by atomic mass is 32.1. The van der Waals surface area contributed by atoms with Gasteiger partial charge in [0.05, 0.1) is 6.10 Å². The summed E-state index contributed by atoms with van der Waals surface area (Å²) in [5.41, 5.74) is 1.79. The van der Waals surface area contributed by atoms with Crippen LogP contribution in [0.3, 0.4) is 0 Å². The number of nitrogens with one attached hydrogen (secondary N) is 1. The minimum atomic E-state index is -0.161. The zero-order valence-corrected chi connectivity index (χ0v) is 13.4. The maximum atomic E-state index is 13.9. The topological polar surface area (TPSA) is 21.3 Å². The molecular weight excluding hydrogens is 285 g/mol. The third-order valence-electron chi connectivity index (χ3n) is 3.10. The van der Waals surface area contributed by atoms with E-state index in [1.54, 1.807) is 17.4 Å². The molecule has 2 aromatic rings. The van der Waals surface area contributed by atoms with Crippen LogP contribution in [0.4, 0.5) is 4.39 Å². The fourth-order valence-corrected chi connectivity index (χ4v) is 2.80. The van der Waals surface area contributed by atoms with Crippen LogP contribution in [-0.2, 0) is 11.3 Å². The van der Waals surface area contributed by atoms with Crippen molar-refractivity contribution in [1.29, 1.82) is 0 Å². The quantitative estimate of drug-likeness (QED) is 0.727. The first-order chi connectivity index (χ1) is 10.2. The van der Waals surface area contributed by atoms with Gasteiger partial charge in [-0.3, -0.25) is 0 Å². The second-order valence-corrected chi connectivity index (χ2v) is 6.19. The third kappa shape index (κ3) is 5.23. The molecule has 0 amide bonds. The van der Waals surface area contributed by atoms with E-state index in [1.165, 1.54) is 0 Å². The summed E-state index contributed by atoms with van der Waals surface area (Å²) >= 11 is 1.56. The van der Waals surface area contributed by atoms with Crippen LogP contribution in [0.15, 0.2) is 35.7 Å². The molecule has 0 fully saturated rings. The lowest BCUT2D eigenvalue weighted by atomic mass is 10.1. The van der Waals surface area contributed by atoms with Crippen molar-refractivity contribution >= 4 is 11.3 Å². The lowest BCUT2D eigenvalue weighted by Gasteiger charge is -2.09. The van der Waals surface area contributed by atoms with Gasteiger partial charge in [0.2, 0.25) is 0 Å². The van der Waals surface area contributed by atoms with Crippen molar-refractivity contribution in [2.45, 2.75) is 32.9 Å². The molecule has 2 rings (SSSR count). The van der Waals surface area contributed by atoms with E-state index in [-0.39, 0.29) is 11.9 Å². The Labute approximate surface area is 130 Å². The predicted molar refractivity (Wildman–Crippen MR) is 87.1 cm³/mol. The number of hydrogen-bond donors (Lipinski definition) is 1. The van der Waals surface area contributed by atoms with Crippen LogP contribution < -0.4 is 5.32 Å². The molecule has 0 atom stereocenters. The molecule has 0 aliphatic carbocycles. The summed E-state index contributed by atoms with van der Waals surface area (Å²) in [6, 6.07) is 9.21. The maximum Gasteiger partial charge on any atom is 0.131 e. The molecule has 114 valence electrons. The van der Waals surface area contributed by atoms with Crippen LogP contribution in [-0.4, -0.2) is 19.3 Å². The van der Waals surface area contributed by atoms with Crippen LogP contribution in [0.25, 0.3) is 10.4 Å². The van der Waals surface area contributed by atoms with Crippen LogP contribution in [0.5, 0.6) is 0 Å². The molecule has 0 spiro atoms. The molecule has 1 aromatic heterocycles. The molecule has 0 radical (unpaired) electrons. The monoisotopic (exact) mass is 307 g/mol. The third-order valence-corrected chi connectivity index (χ3v) is 4.00. The minimum absolute atomic E-state index is 0.161. The van der Waals surface area contributed by atoms with Crippen molar-refractivity contribution in [3.63, 3.8) is 0 Å². The molecular formula is C17H22FNOS. The first-order valence-electron chi connectivity index (χ1n) is 7.31. The molecule has 0 aliphatic heterocycles. The van der Waals surface area contributed by atoms with Crippen molar-refractivity contribution in [2.24, 2.45) is 0 Å². The van der Waals surface area contributed by atoms with E-state index in [1.807, 2.05) is 43.5 Å². The van der Waals surface area contributed by atoms with Gasteiger partial charge in [-0.15, -0.1) is 11.3 Å². The summed E-state index contributed by atoms with van der Waals surface area (Å²) < 4.78 is 19.4. The Kier molecular flexibility index (Phi) is 6.36. The van der Waals surface area contributed by atoms with Crippen molar-refractivity contribution in [3.05, 3.63) is 47.1 Å². The average molecular weight is 307 g/mol. The Hall–Kier alpha value is -1.23. The summed E-state index contributed by atoms with van der Waals surface area (Å²) in [4.78, 5) is 0.972. The normalized spacial score (nSPS) is 11.2. The van der Waals surface area contributed by atoms with Crippen LogP contribution in [0.1, 0.15) is 25.8 Å². The highest BCUT2D eigenvalue weighted by Crippen LogP contribution is 2.28. The Bertz CT molecular complexity index is 540. The Morgan fingerprint density at radius 2 is 2.14 bits per heavy atom. The number of hydrogen-bond acceptors (Lipinski definition) is 3. The van der Waals surface area contributed by atoms with E-state index in [0.717, 1.165) is 36.6 Å². The molecule has 2 nitrogen and oxygen atoms in total. The molecule has 0 bridgehead atoms. The van der Waals surface area contributed by atoms with Crippen molar-refractivity contribution < 1.29 is 9.13 Å². The molecule has 21 heavy (non-hydrogen) atoms. The predicted octanol–water partition coefficient (Wildman–Crippen LogP) is 4.46. The highest BCUT2D eigenvalue weighted by molar-refractivity contribution is 7.13. The number of benzene rings is 1. The summed E-state index contributed by atoms with van der Waals surface area (Å²) in [6.45, 7) is 6.50. The van der Waals surface area contributed by atoms with Crippen LogP contribution >= 0.6 is 11.3 Å².